The largest absolute Gasteiger partial charge is 0.356 e. The van der Waals surface area contributed by atoms with Gasteiger partial charge in [-0.2, -0.15) is 10.3 Å². The lowest BCUT2D eigenvalue weighted by atomic mass is 9.99. The highest BCUT2D eigenvalue weighted by molar-refractivity contribution is 5.80. The maximum absolute atomic E-state index is 11.1. The normalized spacial score (nSPS) is 24.2. The van der Waals surface area contributed by atoms with Crippen LogP contribution < -0.4 is 5.32 Å². The van der Waals surface area contributed by atoms with Crippen molar-refractivity contribution in [3.8, 4) is 6.07 Å². The zero-order valence-corrected chi connectivity index (χ0v) is 7.53. The first-order valence-electron chi connectivity index (χ1n) is 4.24. The Balaban J connectivity index is 2.47. The van der Waals surface area contributed by atoms with Gasteiger partial charge in [0.05, 0.1) is 6.07 Å². The Labute approximate surface area is 76.9 Å². The van der Waals surface area contributed by atoms with Crippen LogP contribution in [0.3, 0.4) is 0 Å². The summed E-state index contributed by atoms with van der Waals surface area (Å²) in [5, 5.41) is 21.2. The van der Waals surface area contributed by atoms with Gasteiger partial charge in [0.15, 0.2) is 0 Å². The molecule has 1 aliphatic heterocycles. The van der Waals surface area contributed by atoms with Crippen LogP contribution in [0.2, 0.25) is 0 Å². The van der Waals surface area contributed by atoms with Gasteiger partial charge in [-0.25, -0.2) is 0 Å². The topological polar surface area (TPSA) is 76.4 Å². The van der Waals surface area contributed by atoms with Crippen LogP contribution in [0.15, 0.2) is 0 Å². The van der Waals surface area contributed by atoms with Crippen molar-refractivity contribution in [2.75, 3.05) is 13.6 Å². The molecule has 1 saturated heterocycles. The van der Waals surface area contributed by atoms with Crippen molar-refractivity contribution in [2.45, 2.75) is 18.9 Å². The van der Waals surface area contributed by atoms with Gasteiger partial charge < -0.3 is 10.5 Å². The predicted octanol–water partition coefficient (Wildman–Crippen LogP) is -0.274. The molecular formula is C8H13N3O2. The Bertz CT molecular complexity index is 234. The number of nitriles is 1. The molecule has 0 aromatic rings. The predicted molar refractivity (Wildman–Crippen MR) is 44.7 cm³/mol. The van der Waals surface area contributed by atoms with E-state index in [0.29, 0.717) is 13.0 Å². The van der Waals surface area contributed by atoms with Crippen LogP contribution in [0, 0.1) is 17.2 Å². The fraction of sp³-hybridized carbons (Fsp3) is 0.750. The van der Waals surface area contributed by atoms with E-state index in [2.05, 4.69) is 5.32 Å². The van der Waals surface area contributed by atoms with Gasteiger partial charge in [-0.1, -0.05) is 0 Å². The molecule has 5 heteroatoms. The van der Waals surface area contributed by atoms with E-state index in [1.165, 1.54) is 7.05 Å². The molecule has 0 saturated carbocycles. The highest BCUT2D eigenvalue weighted by Crippen LogP contribution is 2.17. The number of rotatable bonds is 3. The molecule has 0 bridgehead atoms. The summed E-state index contributed by atoms with van der Waals surface area (Å²) in [5.74, 6) is -0.138. The molecule has 1 rings (SSSR count). The summed E-state index contributed by atoms with van der Waals surface area (Å²) >= 11 is 0. The standard InChI is InChI=1S/C8H13N3O2/c1-11(13)7(5-9)4-6-2-3-10-8(6)12/h6-7,13H,2-4H2,1H3,(H,10,12)/t6-,7-/m0/s1. The number of hydrogen-bond donors (Lipinski definition) is 2. The second-order valence-electron chi connectivity index (χ2n) is 3.23. The van der Waals surface area contributed by atoms with Gasteiger partial charge in [0.1, 0.15) is 6.04 Å². The monoisotopic (exact) mass is 183 g/mol. The SMILES string of the molecule is CN(O)[C@H](C#N)C[C@@H]1CCNC1=O. The summed E-state index contributed by atoms with van der Waals surface area (Å²) in [7, 11) is 1.42. The number of amides is 1. The fourth-order valence-electron chi connectivity index (χ4n) is 1.43. The average Bonchev–Trinajstić information content (AvgIpc) is 2.46. The second-order valence-corrected chi connectivity index (χ2v) is 3.23. The van der Waals surface area contributed by atoms with Crippen LogP contribution in [0.1, 0.15) is 12.8 Å². The van der Waals surface area contributed by atoms with E-state index < -0.39 is 6.04 Å². The molecule has 1 heterocycles. The van der Waals surface area contributed by atoms with Crippen molar-refractivity contribution < 1.29 is 10.0 Å². The van der Waals surface area contributed by atoms with Gasteiger partial charge in [-0.15, -0.1) is 0 Å². The van der Waals surface area contributed by atoms with E-state index in [-0.39, 0.29) is 11.8 Å². The summed E-state index contributed by atoms with van der Waals surface area (Å²) in [6, 6.07) is 1.36. The molecule has 0 unspecified atom stereocenters. The molecule has 0 aliphatic carbocycles. The van der Waals surface area contributed by atoms with Crippen molar-refractivity contribution in [1.29, 1.82) is 5.26 Å². The molecule has 1 amide bonds. The number of nitrogens with one attached hydrogen (secondary N) is 1. The maximum atomic E-state index is 11.1. The molecule has 0 aromatic heterocycles. The van der Waals surface area contributed by atoms with Crippen LogP contribution in [0.25, 0.3) is 0 Å². The zero-order valence-electron chi connectivity index (χ0n) is 7.53. The summed E-state index contributed by atoms with van der Waals surface area (Å²) in [6.45, 7) is 0.677. The molecule has 2 N–H and O–H groups in total. The van der Waals surface area contributed by atoms with Crippen LogP contribution in [-0.4, -0.2) is 35.8 Å². The van der Waals surface area contributed by atoms with Crippen LogP contribution in [-0.2, 0) is 4.79 Å². The van der Waals surface area contributed by atoms with E-state index in [9.17, 15) is 4.79 Å². The number of nitrogens with zero attached hydrogens (tertiary/aromatic N) is 2. The lowest BCUT2D eigenvalue weighted by Crippen LogP contribution is -2.31. The van der Waals surface area contributed by atoms with Gasteiger partial charge >= 0.3 is 0 Å². The third kappa shape index (κ3) is 2.41. The van der Waals surface area contributed by atoms with E-state index in [4.69, 9.17) is 10.5 Å². The molecule has 0 aromatic carbocycles. The quantitative estimate of drug-likeness (QED) is 0.590. The van der Waals surface area contributed by atoms with Crippen molar-refractivity contribution in [2.24, 2.45) is 5.92 Å². The molecule has 1 fully saturated rings. The Morgan fingerprint density at radius 1 is 1.92 bits per heavy atom. The highest BCUT2D eigenvalue weighted by atomic mass is 16.5. The lowest BCUT2D eigenvalue weighted by Gasteiger charge is -2.17. The molecular weight excluding hydrogens is 170 g/mol. The molecule has 0 radical (unpaired) electrons. The summed E-state index contributed by atoms with van der Waals surface area (Å²) < 4.78 is 0. The van der Waals surface area contributed by atoms with E-state index in [1.807, 2.05) is 6.07 Å². The van der Waals surface area contributed by atoms with Crippen LogP contribution >= 0.6 is 0 Å². The first kappa shape index (κ1) is 9.96. The minimum Gasteiger partial charge on any atom is -0.356 e. The Morgan fingerprint density at radius 2 is 2.62 bits per heavy atom. The summed E-state index contributed by atoms with van der Waals surface area (Å²) in [4.78, 5) is 11.1. The third-order valence-electron chi connectivity index (χ3n) is 2.27. The zero-order chi connectivity index (χ0) is 9.84. The number of hydroxylamine groups is 2. The van der Waals surface area contributed by atoms with Crippen molar-refractivity contribution in [1.82, 2.24) is 10.4 Å². The molecule has 0 spiro atoms. The minimum atomic E-state index is -0.589. The number of hydrogen-bond acceptors (Lipinski definition) is 4. The number of carbonyl (C=O) groups excluding carboxylic acids is 1. The van der Waals surface area contributed by atoms with Gasteiger partial charge in [0.2, 0.25) is 5.91 Å². The smallest absolute Gasteiger partial charge is 0.223 e. The van der Waals surface area contributed by atoms with Crippen molar-refractivity contribution in [3.63, 3.8) is 0 Å². The summed E-state index contributed by atoms with van der Waals surface area (Å²) in [6.07, 6.45) is 1.15. The van der Waals surface area contributed by atoms with Crippen LogP contribution in [0.4, 0.5) is 0 Å². The lowest BCUT2D eigenvalue weighted by molar-refractivity contribution is -0.125. The Morgan fingerprint density at radius 3 is 3.00 bits per heavy atom. The third-order valence-corrected chi connectivity index (χ3v) is 2.27. The van der Waals surface area contributed by atoms with Gasteiger partial charge in [0.25, 0.3) is 0 Å². The average molecular weight is 183 g/mol. The minimum absolute atomic E-state index is 0.0119. The Hall–Kier alpha value is -1.12. The van der Waals surface area contributed by atoms with E-state index in [1.54, 1.807) is 0 Å². The highest BCUT2D eigenvalue weighted by Gasteiger charge is 2.28. The van der Waals surface area contributed by atoms with Crippen molar-refractivity contribution >= 4 is 5.91 Å². The number of carbonyl (C=O) groups is 1. The van der Waals surface area contributed by atoms with Crippen molar-refractivity contribution in [3.05, 3.63) is 0 Å². The maximum Gasteiger partial charge on any atom is 0.223 e. The molecule has 72 valence electrons. The van der Waals surface area contributed by atoms with Gasteiger partial charge in [0, 0.05) is 19.5 Å². The van der Waals surface area contributed by atoms with Gasteiger partial charge in [-0.3, -0.25) is 4.79 Å². The Kier molecular flexibility index (Phi) is 3.23. The molecule has 13 heavy (non-hydrogen) atoms. The summed E-state index contributed by atoms with van der Waals surface area (Å²) in [5.41, 5.74) is 0. The molecule has 2 atom stereocenters. The first-order chi connectivity index (χ1) is 6.15. The van der Waals surface area contributed by atoms with Gasteiger partial charge in [-0.05, 0) is 12.8 Å². The second kappa shape index (κ2) is 4.21. The first-order valence-corrected chi connectivity index (χ1v) is 4.24. The van der Waals surface area contributed by atoms with Crippen LogP contribution in [0.5, 0.6) is 0 Å². The molecule has 1 aliphatic rings. The fourth-order valence-corrected chi connectivity index (χ4v) is 1.43. The van der Waals surface area contributed by atoms with E-state index in [0.717, 1.165) is 11.5 Å². The van der Waals surface area contributed by atoms with E-state index >= 15 is 0 Å². The molecule has 5 nitrogen and oxygen atoms in total.